The summed E-state index contributed by atoms with van der Waals surface area (Å²) in [5.41, 5.74) is -0.112. The van der Waals surface area contributed by atoms with Crippen LogP contribution in [0, 0.1) is 12.7 Å². The zero-order valence-corrected chi connectivity index (χ0v) is 16.9. The highest BCUT2D eigenvalue weighted by atomic mass is 32.2. The molecule has 30 heavy (non-hydrogen) atoms. The monoisotopic (exact) mass is 444 g/mol. The Morgan fingerprint density at radius 1 is 1.20 bits per heavy atom. The predicted molar refractivity (Wildman–Crippen MR) is 103 cm³/mol. The summed E-state index contributed by atoms with van der Waals surface area (Å²) in [6.07, 6.45) is -3.48. The van der Waals surface area contributed by atoms with Gasteiger partial charge >= 0.3 is 6.18 Å². The van der Waals surface area contributed by atoms with E-state index in [2.05, 4.69) is 11.9 Å². The van der Waals surface area contributed by atoms with E-state index in [-0.39, 0.29) is 13.1 Å². The molecule has 0 radical (unpaired) electrons. The molecular weight excluding hydrogens is 424 g/mol. The topological polar surface area (TPSA) is 66.5 Å². The van der Waals surface area contributed by atoms with Gasteiger partial charge in [0, 0.05) is 13.1 Å². The fourth-order valence-electron chi connectivity index (χ4n) is 2.61. The third-order valence-corrected chi connectivity index (χ3v) is 5.97. The molecule has 5 nitrogen and oxygen atoms in total. The lowest BCUT2D eigenvalue weighted by Gasteiger charge is -2.21. The van der Waals surface area contributed by atoms with E-state index in [9.17, 15) is 30.8 Å². The molecule has 10 heteroatoms. The number of nitrogens with zero attached hydrogens (tertiary/aromatic N) is 1. The van der Waals surface area contributed by atoms with Crippen LogP contribution in [0.4, 0.5) is 17.6 Å². The van der Waals surface area contributed by atoms with Gasteiger partial charge in [0.2, 0.25) is 15.9 Å². The summed E-state index contributed by atoms with van der Waals surface area (Å²) in [5, 5.41) is 2.51. The molecular formula is C20H20F4N2O3S. The molecule has 1 N–H and O–H groups in total. The van der Waals surface area contributed by atoms with Crippen molar-refractivity contribution in [2.24, 2.45) is 0 Å². The molecule has 0 aromatic heterocycles. The van der Waals surface area contributed by atoms with Crippen LogP contribution in [0.5, 0.6) is 0 Å². The summed E-state index contributed by atoms with van der Waals surface area (Å²) in [5.74, 6) is -1.07. The van der Waals surface area contributed by atoms with Crippen molar-refractivity contribution in [3.63, 3.8) is 0 Å². The van der Waals surface area contributed by atoms with Gasteiger partial charge in [-0.25, -0.2) is 12.8 Å². The number of hydrogen-bond donors (Lipinski definition) is 1. The van der Waals surface area contributed by atoms with Crippen molar-refractivity contribution in [2.75, 3.05) is 13.1 Å². The summed E-state index contributed by atoms with van der Waals surface area (Å²) in [4.78, 5) is 11.7. The van der Waals surface area contributed by atoms with Crippen LogP contribution in [-0.2, 0) is 27.5 Å². The fraction of sp³-hybridized carbons (Fsp3) is 0.250. The van der Waals surface area contributed by atoms with Gasteiger partial charge in [-0.1, -0.05) is 24.3 Å². The quantitative estimate of drug-likeness (QED) is 0.499. The standard InChI is InChI=1S/C20H20F4N2O3S/c1-3-9-26(13-19(27)25-12-15-7-8-18(21)14(2)10-15)30(28,29)17-6-4-5-16(11-17)20(22,23)24/h3-8,10-11H,1,9,12-13H2,2H3,(H,25,27). The van der Waals surface area contributed by atoms with Gasteiger partial charge in [0.1, 0.15) is 5.82 Å². The number of amides is 1. The third-order valence-electron chi connectivity index (χ3n) is 4.16. The van der Waals surface area contributed by atoms with E-state index in [1.807, 2.05) is 0 Å². The number of benzene rings is 2. The summed E-state index contributed by atoms with van der Waals surface area (Å²) < 4.78 is 78.4. The van der Waals surface area contributed by atoms with E-state index >= 15 is 0 Å². The number of rotatable bonds is 8. The first kappa shape index (κ1) is 23.6. The van der Waals surface area contributed by atoms with Crippen LogP contribution in [0.2, 0.25) is 0 Å². The highest BCUT2D eigenvalue weighted by Crippen LogP contribution is 2.31. The zero-order valence-electron chi connectivity index (χ0n) is 16.0. The minimum absolute atomic E-state index is 0.0332. The second kappa shape index (κ2) is 9.40. The molecule has 0 bridgehead atoms. The molecule has 2 aromatic carbocycles. The molecule has 0 saturated heterocycles. The first-order valence-corrected chi connectivity index (χ1v) is 10.2. The fourth-order valence-corrected chi connectivity index (χ4v) is 4.02. The van der Waals surface area contributed by atoms with Crippen molar-refractivity contribution < 1.29 is 30.8 Å². The number of hydrogen-bond acceptors (Lipinski definition) is 3. The third kappa shape index (κ3) is 5.90. The van der Waals surface area contributed by atoms with E-state index < -0.39 is 44.9 Å². The van der Waals surface area contributed by atoms with Gasteiger partial charge in [-0.05, 0) is 42.3 Å². The predicted octanol–water partition coefficient (Wildman–Crippen LogP) is 3.65. The summed E-state index contributed by atoms with van der Waals surface area (Å²) >= 11 is 0. The van der Waals surface area contributed by atoms with Gasteiger partial charge in [0.25, 0.3) is 0 Å². The van der Waals surface area contributed by atoms with Gasteiger partial charge in [0.15, 0.2) is 0 Å². The summed E-state index contributed by atoms with van der Waals surface area (Å²) in [7, 11) is -4.38. The average molecular weight is 444 g/mol. The lowest BCUT2D eigenvalue weighted by molar-refractivity contribution is -0.137. The number of alkyl halides is 3. The molecule has 0 heterocycles. The molecule has 1 amide bonds. The first-order chi connectivity index (χ1) is 13.9. The molecule has 0 spiro atoms. The Hall–Kier alpha value is -2.72. The van der Waals surface area contributed by atoms with Crippen molar-refractivity contribution in [1.82, 2.24) is 9.62 Å². The Morgan fingerprint density at radius 3 is 2.50 bits per heavy atom. The largest absolute Gasteiger partial charge is 0.416 e. The molecule has 0 unspecified atom stereocenters. The van der Waals surface area contributed by atoms with Crippen LogP contribution >= 0.6 is 0 Å². The van der Waals surface area contributed by atoms with Crippen LogP contribution in [0.1, 0.15) is 16.7 Å². The van der Waals surface area contributed by atoms with E-state index in [0.717, 1.165) is 22.5 Å². The van der Waals surface area contributed by atoms with Crippen molar-refractivity contribution in [2.45, 2.75) is 24.5 Å². The lowest BCUT2D eigenvalue weighted by atomic mass is 10.1. The second-order valence-electron chi connectivity index (χ2n) is 6.47. The molecule has 0 atom stereocenters. The van der Waals surface area contributed by atoms with Crippen LogP contribution in [-0.4, -0.2) is 31.7 Å². The maximum atomic E-state index is 13.3. The minimum atomic E-state index is -4.71. The molecule has 0 aliphatic heterocycles. The van der Waals surface area contributed by atoms with Crippen molar-refractivity contribution >= 4 is 15.9 Å². The molecule has 2 rings (SSSR count). The van der Waals surface area contributed by atoms with Crippen LogP contribution < -0.4 is 5.32 Å². The molecule has 0 saturated carbocycles. The Kier molecular flexibility index (Phi) is 7.38. The van der Waals surface area contributed by atoms with E-state index in [1.165, 1.54) is 24.3 Å². The average Bonchev–Trinajstić information content (AvgIpc) is 2.68. The number of carbonyl (C=O) groups is 1. The van der Waals surface area contributed by atoms with Crippen LogP contribution in [0.15, 0.2) is 60.0 Å². The molecule has 0 aliphatic rings. The maximum Gasteiger partial charge on any atom is 0.416 e. The van der Waals surface area contributed by atoms with Crippen molar-refractivity contribution in [1.29, 1.82) is 0 Å². The van der Waals surface area contributed by atoms with Gasteiger partial charge in [-0.2, -0.15) is 17.5 Å². The number of carbonyl (C=O) groups excluding carboxylic acids is 1. The highest BCUT2D eigenvalue weighted by Gasteiger charge is 2.33. The smallest absolute Gasteiger partial charge is 0.351 e. The number of halogens is 4. The van der Waals surface area contributed by atoms with Gasteiger partial charge < -0.3 is 5.32 Å². The molecule has 2 aromatic rings. The summed E-state index contributed by atoms with van der Waals surface area (Å²) in [6.45, 7) is 4.13. The Morgan fingerprint density at radius 2 is 1.90 bits per heavy atom. The van der Waals surface area contributed by atoms with Crippen LogP contribution in [0.25, 0.3) is 0 Å². The summed E-state index contributed by atoms with van der Waals surface area (Å²) in [6, 6.07) is 7.55. The van der Waals surface area contributed by atoms with Gasteiger partial charge in [0.05, 0.1) is 17.0 Å². The lowest BCUT2D eigenvalue weighted by Crippen LogP contribution is -2.40. The van der Waals surface area contributed by atoms with E-state index in [4.69, 9.17) is 0 Å². The molecule has 0 aliphatic carbocycles. The Labute approximate surface area is 172 Å². The SMILES string of the molecule is C=CCN(CC(=O)NCc1ccc(F)c(C)c1)S(=O)(=O)c1cccc(C(F)(F)F)c1. The minimum Gasteiger partial charge on any atom is -0.351 e. The molecule has 162 valence electrons. The normalized spacial score (nSPS) is 12.1. The van der Waals surface area contributed by atoms with E-state index in [0.29, 0.717) is 17.2 Å². The second-order valence-corrected chi connectivity index (χ2v) is 8.41. The zero-order chi connectivity index (χ0) is 22.5. The molecule has 0 fully saturated rings. The maximum absolute atomic E-state index is 13.3. The van der Waals surface area contributed by atoms with Crippen molar-refractivity contribution in [3.05, 3.63) is 77.6 Å². The van der Waals surface area contributed by atoms with Crippen LogP contribution in [0.3, 0.4) is 0 Å². The number of nitrogens with one attached hydrogen (secondary N) is 1. The Bertz CT molecular complexity index is 1040. The van der Waals surface area contributed by atoms with Gasteiger partial charge in [-0.15, -0.1) is 6.58 Å². The number of sulfonamides is 1. The van der Waals surface area contributed by atoms with Crippen molar-refractivity contribution in [3.8, 4) is 0 Å². The Balaban J connectivity index is 2.16. The first-order valence-electron chi connectivity index (χ1n) is 8.75. The number of aryl methyl sites for hydroxylation is 1. The van der Waals surface area contributed by atoms with E-state index in [1.54, 1.807) is 6.92 Å². The highest BCUT2D eigenvalue weighted by molar-refractivity contribution is 7.89. The van der Waals surface area contributed by atoms with Gasteiger partial charge in [-0.3, -0.25) is 4.79 Å².